The lowest BCUT2D eigenvalue weighted by molar-refractivity contribution is -0.139. The van der Waals surface area contributed by atoms with Gasteiger partial charge >= 0.3 is 5.97 Å². The highest BCUT2D eigenvalue weighted by Crippen LogP contribution is 2.30. The molecule has 3 rings (SSSR count). The van der Waals surface area contributed by atoms with E-state index in [9.17, 15) is 39.9 Å². The van der Waals surface area contributed by atoms with Gasteiger partial charge in [0.05, 0.1) is 19.9 Å². The molecule has 14 heteroatoms. The van der Waals surface area contributed by atoms with Crippen LogP contribution in [0.2, 0.25) is 0 Å². The van der Waals surface area contributed by atoms with E-state index in [0.29, 0.717) is 24.2 Å². The number of aliphatic carboxylic acids is 1. The number of hydrogen-bond acceptors (Lipinski definition) is 9. The number of carboxylic acids is 1. The fourth-order valence-corrected chi connectivity index (χ4v) is 9.88. The summed E-state index contributed by atoms with van der Waals surface area (Å²) < 4.78 is 70.8. The number of carbonyl (C=O) groups excluding carboxylic acids is 1. The van der Waals surface area contributed by atoms with Crippen molar-refractivity contribution in [2.24, 2.45) is 0 Å². The number of aryl methyl sites for hydroxylation is 1. The number of rotatable bonds is 15. The van der Waals surface area contributed by atoms with Crippen LogP contribution < -0.4 is 5.48 Å². The van der Waals surface area contributed by atoms with Crippen molar-refractivity contribution in [2.75, 3.05) is 0 Å². The van der Waals surface area contributed by atoms with Gasteiger partial charge < -0.3 is 5.11 Å². The summed E-state index contributed by atoms with van der Waals surface area (Å²) in [5.74, 6) is 14.9. The number of hydroxylamine groups is 1. The Hall–Kier alpha value is -4.91. The van der Waals surface area contributed by atoms with Crippen LogP contribution in [-0.2, 0) is 58.4 Å². The normalized spacial score (nSPS) is 13.5. The Labute approximate surface area is 352 Å². The molecule has 0 saturated carbocycles. The molecule has 1 amide bonds. The third kappa shape index (κ3) is 13.3. The first-order chi connectivity index (χ1) is 27.6. The topological polar surface area (TPSA) is 189 Å². The lowest BCUT2D eigenvalue weighted by Crippen LogP contribution is -2.48. The first kappa shape index (κ1) is 52.1. The van der Waals surface area contributed by atoms with E-state index in [2.05, 4.69) is 35.5 Å². The van der Waals surface area contributed by atoms with Crippen LogP contribution in [0, 0.1) is 35.5 Å². The largest absolute Gasteiger partial charge is 0.480 e. The third-order valence-corrected chi connectivity index (χ3v) is 17.5. The van der Waals surface area contributed by atoms with Crippen molar-refractivity contribution in [3.8, 4) is 35.5 Å². The van der Waals surface area contributed by atoms with E-state index >= 15 is 0 Å². The molecule has 3 unspecified atom stereocenters. The molecule has 0 heterocycles. The summed E-state index contributed by atoms with van der Waals surface area (Å²) in [5, 5.41) is 17.7. The van der Waals surface area contributed by atoms with Gasteiger partial charge in [0.25, 0.3) is 5.91 Å². The second kappa shape index (κ2) is 23.6. The summed E-state index contributed by atoms with van der Waals surface area (Å²) in [7, 11) is -11.0. The predicted molar refractivity (Wildman–Crippen MR) is 232 cm³/mol. The van der Waals surface area contributed by atoms with Gasteiger partial charge in [-0.2, -0.15) is 0 Å². The Morgan fingerprint density at radius 1 is 0.627 bits per heavy atom. The number of carbonyl (C=O) groups is 2. The van der Waals surface area contributed by atoms with Crippen LogP contribution in [0.3, 0.4) is 0 Å². The van der Waals surface area contributed by atoms with E-state index in [1.165, 1.54) is 43.6 Å². The maximum absolute atomic E-state index is 12.6. The molecule has 3 N–H and O–H groups in total. The van der Waals surface area contributed by atoms with E-state index in [1.807, 2.05) is 26.0 Å². The van der Waals surface area contributed by atoms with Gasteiger partial charge in [-0.15, -0.1) is 23.7 Å². The van der Waals surface area contributed by atoms with Crippen LogP contribution >= 0.6 is 0 Å². The van der Waals surface area contributed by atoms with Crippen molar-refractivity contribution in [3.05, 3.63) is 89.5 Å². The molecule has 3 aromatic rings. The minimum Gasteiger partial charge on any atom is -0.480 e. The Morgan fingerprint density at radius 2 is 1.00 bits per heavy atom. The Bertz CT molecular complexity index is 2390. The lowest BCUT2D eigenvalue weighted by Gasteiger charge is -2.25. The van der Waals surface area contributed by atoms with Crippen molar-refractivity contribution in [1.29, 1.82) is 0 Å². The summed E-state index contributed by atoms with van der Waals surface area (Å²) in [6.45, 7) is 14.6. The third-order valence-electron chi connectivity index (χ3n) is 10.0. The molecular formula is C45H57NO10S3. The van der Waals surface area contributed by atoms with Crippen LogP contribution in [0.1, 0.15) is 105 Å². The van der Waals surface area contributed by atoms with Crippen LogP contribution in [0.15, 0.2) is 87.5 Å². The van der Waals surface area contributed by atoms with E-state index in [1.54, 1.807) is 71.0 Å². The molecule has 0 aliphatic heterocycles. The van der Waals surface area contributed by atoms with E-state index in [0.717, 1.165) is 29.5 Å². The molecule has 0 spiro atoms. The zero-order chi connectivity index (χ0) is 45.1. The summed E-state index contributed by atoms with van der Waals surface area (Å²) in [6.07, 6.45) is 3.45. The first-order valence-corrected chi connectivity index (χ1v) is 23.5. The molecule has 3 atom stereocenters. The zero-order valence-electron chi connectivity index (χ0n) is 35.3. The molecular weight excluding hydrogens is 811 g/mol. The quantitative estimate of drug-likeness (QED) is 0.0801. The number of nitrogens with one attached hydrogen (secondary N) is 1. The number of carboxylic acid groups (broad SMARTS) is 1. The smallest absolute Gasteiger partial charge is 0.325 e. The van der Waals surface area contributed by atoms with Crippen molar-refractivity contribution in [1.82, 2.24) is 5.48 Å². The van der Waals surface area contributed by atoms with Gasteiger partial charge in [0.2, 0.25) is 0 Å². The molecule has 0 fully saturated rings. The number of hydrogen-bond donors (Lipinski definition) is 3. The van der Waals surface area contributed by atoms with E-state index in [4.69, 9.17) is 5.21 Å². The monoisotopic (exact) mass is 867 g/mol. The Balaban J connectivity index is 0.000000444. The van der Waals surface area contributed by atoms with Crippen LogP contribution in [0.25, 0.3) is 0 Å². The minimum atomic E-state index is -3.92. The van der Waals surface area contributed by atoms with Crippen LogP contribution in [0.4, 0.5) is 0 Å². The predicted octanol–water partition coefficient (Wildman–Crippen LogP) is 7.19. The van der Waals surface area contributed by atoms with Crippen molar-refractivity contribution in [2.45, 2.75) is 137 Å². The SMILES string of the molecule is CC#CCCc1ccc(S(=O)(=O)C(C)CC)cc1.CC#CCc1ccc(S(=O)(=O)C(C)(CC)C(=O)NO)cc1.CC#CCc1ccc(S(=O)(=O)C(C)(CC)C(=O)O)cc1. The average Bonchev–Trinajstić information content (AvgIpc) is 3.24. The van der Waals surface area contributed by atoms with Crippen LogP contribution in [-0.4, -0.2) is 62.2 Å². The van der Waals surface area contributed by atoms with E-state index in [-0.39, 0.29) is 27.9 Å². The van der Waals surface area contributed by atoms with Crippen molar-refractivity contribution < 1.29 is 45.2 Å². The lowest BCUT2D eigenvalue weighted by atomic mass is 10.1. The van der Waals surface area contributed by atoms with E-state index < -0.39 is 50.9 Å². The highest BCUT2D eigenvalue weighted by Gasteiger charge is 2.46. The van der Waals surface area contributed by atoms with Gasteiger partial charge in [0.15, 0.2) is 39.0 Å². The minimum absolute atomic E-state index is 0.00767. The number of sulfone groups is 3. The average molecular weight is 868 g/mol. The summed E-state index contributed by atoms with van der Waals surface area (Å²) in [4.78, 5) is 23.5. The fraction of sp³-hybridized carbons (Fsp3) is 0.422. The fourth-order valence-electron chi connectivity index (χ4n) is 5.15. The standard InChI is InChI=1S/C15H19NO4S.C15H18O4S.C15H20O2S/c1-4-6-7-12-8-10-13(11-9-12)21(19,20)15(3,5-2)14(17)16-18;1-4-6-7-12-8-10-13(11-9-12)20(18,19)15(3,5-2)14(16)17;1-4-6-7-8-14-9-11-15(12-10-14)18(16,17)13(3)5-2/h8-11,18H,5,7H2,1-3H3,(H,16,17);8-11H,5,7H2,1-3H3,(H,16,17);9-13H,5,7-8H2,1-3H3. The van der Waals surface area contributed by atoms with Crippen molar-refractivity contribution >= 4 is 41.4 Å². The van der Waals surface area contributed by atoms with Gasteiger partial charge in [0.1, 0.15) is 0 Å². The highest BCUT2D eigenvalue weighted by atomic mass is 32.2. The Morgan fingerprint density at radius 3 is 1.34 bits per heavy atom. The molecule has 0 aliphatic rings. The molecule has 0 saturated heterocycles. The molecule has 0 aliphatic carbocycles. The molecule has 11 nitrogen and oxygen atoms in total. The first-order valence-electron chi connectivity index (χ1n) is 19.0. The summed E-state index contributed by atoms with van der Waals surface area (Å²) in [5.41, 5.74) is 4.35. The molecule has 3 aromatic carbocycles. The number of amides is 1. The summed E-state index contributed by atoms with van der Waals surface area (Å²) >= 11 is 0. The van der Waals surface area contributed by atoms with Crippen molar-refractivity contribution in [3.63, 3.8) is 0 Å². The van der Waals surface area contributed by atoms with Gasteiger partial charge in [0, 0.05) is 19.3 Å². The van der Waals surface area contributed by atoms with Gasteiger partial charge in [-0.3, -0.25) is 14.8 Å². The maximum Gasteiger partial charge on any atom is 0.325 e. The van der Waals surface area contributed by atoms with Crippen LogP contribution in [0.5, 0.6) is 0 Å². The Kier molecular flexibility index (Phi) is 20.9. The molecule has 320 valence electrons. The molecule has 0 aromatic heterocycles. The summed E-state index contributed by atoms with van der Waals surface area (Å²) in [6, 6.07) is 19.6. The second-order valence-electron chi connectivity index (χ2n) is 13.8. The molecule has 59 heavy (non-hydrogen) atoms. The number of benzene rings is 3. The van der Waals surface area contributed by atoms with Gasteiger partial charge in [-0.1, -0.05) is 69.0 Å². The highest BCUT2D eigenvalue weighted by molar-refractivity contribution is 7.94. The van der Waals surface area contributed by atoms with Gasteiger partial charge in [-0.05, 0) is 120 Å². The maximum atomic E-state index is 12.6. The molecule has 0 radical (unpaired) electrons. The second-order valence-corrected chi connectivity index (χ2v) is 20.9. The molecule has 0 bridgehead atoms. The van der Waals surface area contributed by atoms with Gasteiger partial charge in [-0.25, -0.2) is 30.7 Å². The zero-order valence-corrected chi connectivity index (χ0v) is 37.8.